The van der Waals surface area contributed by atoms with Crippen molar-refractivity contribution in [1.29, 1.82) is 0 Å². The van der Waals surface area contributed by atoms with E-state index in [0.29, 0.717) is 0 Å². The van der Waals surface area contributed by atoms with Gasteiger partial charge >= 0.3 is 5.97 Å². The van der Waals surface area contributed by atoms with Crippen LogP contribution in [0.3, 0.4) is 0 Å². The number of nitrogens with zero attached hydrogens (tertiary/aromatic N) is 2. The van der Waals surface area contributed by atoms with Gasteiger partial charge < -0.3 is 4.74 Å². The van der Waals surface area contributed by atoms with E-state index in [4.69, 9.17) is 4.74 Å². The minimum Gasteiger partial charge on any atom is -0.456 e. The number of thiophene rings is 1. The number of fused-ring (bicyclic) bond motifs is 1. The van der Waals surface area contributed by atoms with Crippen LogP contribution in [0.15, 0.2) is 48.2 Å². The first-order valence-corrected chi connectivity index (χ1v) is 6.60. The number of ether oxygens (including phenoxy) is 1. The third-order valence-electron chi connectivity index (χ3n) is 2.68. The molecule has 0 unspecified atom stereocenters. The average Bonchev–Trinajstić information content (AvgIpc) is 2.93. The van der Waals surface area contributed by atoms with Crippen molar-refractivity contribution in [2.45, 2.75) is 6.61 Å². The molecule has 0 amide bonds. The van der Waals surface area contributed by atoms with Gasteiger partial charge in [0, 0.05) is 10.9 Å². The zero-order chi connectivity index (χ0) is 13.1. The Kier molecular flexibility index (Phi) is 3.20. The smallest absolute Gasteiger partial charge is 0.357 e. The molecular weight excluding hydrogens is 260 g/mol. The fraction of sp³-hybridized carbons (Fsp3) is 0.0714. The number of esters is 1. The van der Waals surface area contributed by atoms with E-state index in [1.54, 1.807) is 11.3 Å². The maximum atomic E-state index is 11.7. The van der Waals surface area contributed by atoms with Gasteiger partial charge in [0.15, 0.2) is 5.69 Å². The van der Waals surface area contributed by atoms with Crippen molar-refractivity contribution in [2.24, 2.45) is 0 Å². The normalized spacial score (nSPS) is 10.5. The molecule has 0 spiro atoms. The van der Waals surface area contributed by atoms with E-state index >= 15 is 0 Å². The Morgan fingerprint density at radius 1 is 1.26 bits per heavy atom. The van der Waals surface area contributed by atoms with E-state index in [-0.39, 0.29) is 12.3 Å². The molecular formula is C14H10N2O2S. The number of rotatable bonds is 3. The van der Waals surface area contributed by atoms with Crippen molar-refractivity contribution in [3.63, 3.8) is 0 Å². The highest BCUT2D eigenvalue weighted by Gasteiger charge is 2.08. The van der Waals surface area contributed by atoms with E-state index in [2.05, 4.69) is 16.0 Å². The van der Waals surface area contributed by atoms with Gasteiger partial charge in [-0.15, -0.1) is 11.3 Å². The van der Waals surface area contributed by atoms with Gasteiger partial charge in [0.05, 0.1) is 0 Å². The molecule has 0 fully saturated rings. The van der Waals surface area contributed by atoms with Gasteiger partial charge in [-0.05, 0) is 34.5 Å². The molecule has 2 heterocycles. The lowest BCUT2D eigenvalue weighted by Gasteiger charge is -2.04. The van der Waals surface area contributed by atoms with Crippen LogP contribution in [0.25, 0.3) is 10.1 Å². The van der Waals surface area contributed by atoms with Gasteiger partial charge in [-0.1, -0.05) is 12.1 Å². The summed E-state index contributed by atoms with van der Waals surface area (Å²) in [6.07, 6.45) is 2.84. The Balaban J connectivity index is 1.70. The molecule has 3 aromatic rings. The quantitative estimate of drug-likeness (QED) is 0.686. The van der Waals surface area contributed by atoms with Crippen molar-refractivity contribution < 1.29 is 9.53 Å². The van der Waals surface area contributed by atoms with Gasteiger partial charge in [-0.25, -0.2) is 14.8 Å². The van der Waals surface area contributed by atoms with Crippen molar-refractivity contribution >= 4 is 27.4 Å². The number of benzene rings is 1. The van der Waals surface area contributed by atoms with Crippen LogP contribution in [-0.2, 0) is 11.3 Å². The average molecular weight is 270 g/mol. The first kappa shape index (κ1) is 11.8. The van der Waals surface area contributed by atoms with Crippen LogP contribution in [0.5, 0.6) is 0 Å². The summed E-state index contributed by atoms with van der Waals surface area (Å²) in [5.74, 6) is -0.436. The summed E-state index contributed by atoms with van der Waals surface area (Å²) in [4.78, 5) is 19.3. The molecule has 0 radical (unpaired) electrons. The molecule has 0 N–H and O–H groups in total. The Bertz CT molecular complexity index is 710. The van der Waals surface area contributed by atoms with Gasteiger partial charge in [0.2, 0.25) is 0 Å². The Morgan fingerprint density at radius 3 is 3.05 bits per heavy atom. The monoisotopic (exact) mass is 270 g/mol. The van der Waals surface area contributed by atoms with Crippen molar-refractivity contribution in [1.82, 2.24) is 9.97 Å². The van der Waals surface area contributed by atoms with E-state index in [1.807, 2.05) is 23.6 Å². The minimum absolute atomic E-state index is 0.247. The molecule has 4 nitrogen and oxygen atoms in total. The largest absolute Gasteiger partial charge is 0.456 e. The third kappa shape index (κ3) is 2.61. The molecule has 5 heteroatoms. The molecule has 0 saturated heterocycles. The predicted octanol–water partition coefficient (Wildman–Crippen LogP) is 3.05. The Labute approximate surface area is 113 Å². The molecule has 0 saturated carbocycles. The Morgan fingerprint density at radius 2 is 2.21 bits per heavy atom. The van der Waals surface area contributed by atoms with Crippen LogP contribution in [0, 0.1) is 0 Å². The highest BCUT2D eigenvalue weighted by atomic mass is 32.1. The van der Waals surface area contributed by atoms with E-state index in [1.165, 1.54) is 28.7 Å². The standard InChI is InChI=1S/C14H10N2O2S/c17-14(12-3-5-15-9-16-12)18-8-10-1-2-11-4-6-19-13(11)7-10/h1-7,9H,8H2. The summed E-state index contributed by atoms with van der Waals surface area (Å²) in [7, 11) is 0. The van der Waals surface area contributed by atoms with Crippen LogP contribution in [0.1, 0.15) is 16.1 Å². The molecule has 0 aliphatic rings. The summed E-state index contributed by atoms with van der Waals surface area (Å²) in [5, 5.41) is 3.25. The molecule has 19 heavy (non-hydrogen) atoms. The van der Waals surface area contributed by atoms with Gasteiger partial charge in [0.1, 0.15) is 12.9 Å². The van der Waals surface area contributed by atoms with Crippen LogP contribution >= 0.6 is 11.3 Å². The lowest BCUT2D eigenvalue weighted by atomic mass is 10.2. The zero-order valence-corrected chi connectivity index (χ0v) is 10.8. The molecule has 0 aliphatic carbocycles. The summed E-state index contributed by atoms with van der Waals surface area (Å²) in [6.45, 7) is 0.247. The fourth-order valence-corrected chi connectivity index (χ4v) is 2.58. The first-order chi connectivity index (χ1) is 9.33. The maximum absolute atomic E-state index is 11.7. The number of carbonyl (C=O) groups is 1. The highest BCUT2D eigenvalue weighted by molar-refractivity contribution is 7.17. The molecule has 1 aromatic carbocycles. The molecule has 3 rings (SSSR count). The van der Waals surface area contributed by atoms with Crippen LogP contribution < -0.4 is 0 Å². The van der Waals surface area contributed by atoms with Gasteiger partial charge in [0.25, 0.3) is 0 Å². The second kappa shape index (κ2) is 5.16. The second-order valence-electron chi connectivity index (χ2n) is 3.96. The summed E-state index contributed by atoms with van der Waals surface area (Å²) in [6, 6.07) is 9.62. The van der Waals surface area contributed by atoms with E-state index < -0.39 is 5.97 Å². The first-order valence-electron chi connectivity index (χ1n) is 5.72. The number of hydrogen-bond donors (Lipinski definition) is 0. The predicted molar refractivity (Wildman–Crippen MR) is 73.0 cm³/mol. The minimum atomic E-state index is -0.436. The van der Waals surface area contributed by atoms with Crippen LogP contribution in [0.2, 0.25) is 0 Å². The van der Waals surface area contributed by atoms with Gasteiger partial charge in [-0.3, -0.25) is 0 Å². The van der Waals surface area contributed by atoms with Crippen molar-refractivity contribution in [2.75, 3.05) is 0 Å². The Hall–Kier alpha value is -2.27. The lowest BCUT2D eigenvalue weighted by Crippen LogP contribution is -2.07. The SMILES string of the molecule is O=C(OCc1ccc2ccsc2c1)c1ccncn1. The summed E-state index contributed by atoms with van der Waals surface area (Å²) >= 11 is 1.67. The topological polar surface area (TPSA) is 52.1 Å². The zero-order valence-electron chi connectivity index (χ0n) is 9.95. The van der Waals surface area contributed by atoms with E-state index in [9.17, 15) is 4.79 Å². The maximum Gasteiger partial charge on any atom is 0.357 e. The highest BCUT2D eigenvalue weighted by Crippen LogP contribution is 2.22. The second-order valence-corrected chi connectivity index (χ2v) is 4.91. The van der Waals surface area contributed by atoms with Crippen LogP contribution in [-0.4, -0.2) is 15.9 Å². The molecule has 0 aliphatic heterocycles. The fourth-order valence-electron chi connectivity index (χ4n) is 1.72. The molecule has 0 bridgehead atoms. The van der Waals surface area contributed by atoms with Crippen LogP contribution in [0.4, 0.5) is 0 Å². The lowest BCUT2D eigenvalue weighted by molar-refractivity contribution is 0.0465. The molecule has 0 atom stereocenters. The number of carbonyl (C=O) groups excluding carboxylic acids is 1. The number of aromatic nitrogens is 2. The third-order valence-corrected chi connectivity index (χ3v) is 3.56. The molecule has 2 aromatic heterocycles. The summed E-state index contributed by atoms with van der Waals surface area (Å²) < 4.78 is 6.41. The number of hydrogen-bond acceptors (Lipinski definition) is 5. The van der Waals surface area contributed by atoms with Crippen molar-refractivity contribution in [3.05, 3.63) is 59.5 Å². The summed E-state index contributed by atoms with van der Waals surface area (Å²) in [5.41, 5.74) is 1.24. The molecule has 94 valence electrons. The van der Waals surface area contributed by atoms with E-state index in [0.717, 1.165) is 5.56 Å². The van der Waals surface area contributed by atoms with Crippen molar-refractivity contribution in [3.8, 4) is 0 Å². The van der Waals surface area contributed by atoms with Gasteiger partial charge in [-0.2, -0.15) is 0 Å².